The van der Waals surface area contributed by atoms with Crippen LogP contribution in [0.2, 0.25) is 0 Å². The van der Waals surface area contributed by atoms with E-state index in [-0.39, 0.29) is 42.4 Å². The third-order valence-electron chi connectivity index (χ3n) is 6.02. The molecule has 1 aliphatic carbocycles. The van der Waals surface area contributed by atoms with Crippen molar-refractivity contribution in [2.45, 2.75) is 32.9 Å². The molecule has 1 fully saturated rings. The Morgan fingerprint density at radius 2 is 1.77 bits per heavy atom. The highest BCUT2D eigenvalue weighted by Gasteiger charge is 2.59. The number of alkyl carbamates (subject to hydrolysis) is 1. The molecule has 0 bridgehead atoms. The Morgan fingerprint density at radius 1 is 1.13 bits per heavy atom. The van der Waals surface area contributed by atoms with Crippen molar-refractivity contribution >= 4 is 12.0 Å². The summed E-state index contributed by atoms with van der Waals surface area (Å²) in [6.45, 7) is 3.57. The van der Waals surface area contributed by atoms with Crippen molar-refractivity contribution in [3.8, 4) is 0 Å². The topological polar surface area (TPSA) is 67.4 Å². The molecule has 2 N–H and O–H groups in total. The highest BCUT2D eigenvalue weighted by atomic mass is 19.1. The van der Waals surface area contributed by atoms with E-state index in [0.29, 0.717) is 0 Å². The number of carbonyl (C=O) groups is 2. The molecule has 2 aromatic carbocycles. The molecule has 30 heavy (non-hydrogen) atoms. The molecular formula is C24H29FN2O3. The van der Waals surface area contributed by atoms with Crippen LogP contribution in [0.4, 0.5) is 9.18 Å². The number of hydrogen-bond donors (Lipinski definition) is 2. The molecule has 2 aromatic rings. The number of halogens is 1. The lowest BCUT2D eigenvalue weighted by atomic mass is 9.86. The van der Waals surface area contributed by atoms with E-state index < -0.39 is 12.8 Å². The van der Waals surface area contributed by atoms with Gasteiger partial charge in [0.05, 0.1) is 6.04 Å². The van der Waals surface area contributed by atoms with Gasteiger partial charge >= 0.3 is 6.09 Å². The van der Waals surface area contributed by atoms with Crippen molar-refractivity contribution in [2.75, 3.05) is 13.2 Å². The molecule has 5 nitrogen and oxygen atoms in total. The molecule has 0 aromatic heterocycles. The van der Waals surface area contributed by atoms with Crippen LogP contribution in [0.1, 0.15) is 37.4 Å². The number of hydrogen-bond acceptors (Lipinski definition) is 3. The van der Waals surface area contributed by atoms with Crippen molar-refractivity contribution in [3.05, 3.63) is 71.8 Å². The molecule has 1 aliphatic rings. The van der Waals surface area contributed by atoms with Gasteiger partial charge in [0.25, 0.3) is 0 Å². The maximum Gasteiger partial charge on any atom is 0.407 e. The van der Waals surface area contributed by atoms with Gasteiger partial charge in [-0.15, -0.1) is 0 Å². The summed E-state index contributed by atoms with van der Waals surface area (Å²) in [5.41, 5.74) is 1.59. The molecule has 0 aliphatic heterocycles. The molecule has 1 saturated carbocycles. The quantitative estimate of drug-likeness (QED) is 0.641. The molecule has 0 spiro atoms. The molecular weight excluding hydrogens is 383 g/mol. The number of rotatable bonds is 9. The molecule has 0 saturated heterocycles. The number of ether oxygens (including phenoxy) is 1. The monoisotopic (exact) mass is 412 g/mol. The zero-order chi connectivity index (χ0) is 21.6. The van der Waals surface area contributed by atoms with Crippen LogP contribution in [-0.2, 0) is 16.1 Å². The third kappa shape index (κ3) is 5.17. The Morgan fingerprint density at radius 3 is 2.40 bits per heavy atom. The summed E-state index contributed by atoms with van der Waals surface area (Å²) in [6.07, 6.45) is 0.296. The highest BCUT2D eigenvalue weighted by Crippen LogP contribution is 2.63. The Kier molecular flexibility index (Phi) is 7.08. The number of carbonyl (C=O) groups excluding carboxylic acids is 2. The third-order valence-corrected chi connectivity index (χ3v) is 6.02. The Bertz CT molecular complexity index is 846. The van der Waals surface area contributed by atoms with Gasteiger partial charge in [-0.05, 0) is 28.9 Å². The lowest BCUT2D eigenvalue weighted by Crippen LogP contribution is -2.37. The summed E-state index contributed by atoms with van der Waals surface area (Å²) in [5.74, 6) is -0.341. The average Bonchev–Trinajstić information content (AvgIpc) is 3.47. The minimum absolute atomic E-state index is 0.0266. The van der Waals surface area contributed by atoms with E-state index in [4.69, 9.17) is 4.74 Å². The van der Waals surface area contributed by atoms with E-state index in [1.54, 1.807) is 0 Å². The Hall–Kier alpha value is -2.89. The smallest absolute Gasteiger partial charge is 0.407 e. The van der Waals surface area contributed by atoms with Crippen molar-refractivity contribution in [3.63, 3.8) is 0 Å². The SMILES string of the molecule is C[C@@H](C(=O)NCCF)[C@H]1C[C@]1(C)[C@H](NC(=O)OCc1ccccc1)c1ccccc1. The van der Waals surface area contributed by atoms with Gasteiger partial charge in [-0.2, -0.15) is 0 Å². The molecule has 160 valence electrons. The lowest BCUT2D eigenvalue weighted by molar-refractivity contribution is -0.125. The Labute approximate surface area is 177 Å². The van der Waals surface area contributed by atoms with Crippen LogP contribution in [0.15, 0.2) is 60.7 Å². The second-order valence-corrected chi connectivity index (χ2v) is 8.13. The predicted octanol–water partition coefficient (Wildman–Crippen LogP) is 4.40. The number of alkyl halides is 1. The van der Waals surface area contributed by atoms with Crippen molar-refractivity contribution < 1.29 is 18.7 Å². The lowest BCUT2D eigenvalue weighted by Gasteiger charge is -2.28. The number of amides is 2. The van der Waals surface area contributed by atoms with Crippen LogP contribution in [0.3, 0.4) is 0 Å². The first kappa shape index (κ1) is 21.8. The molecule has 0 heterocycles. The van der Waals surface area contributed by atoms with Gasteiger partial charge in [0.2, 0.25) is 5.91 Å². The van der Waals surface area contributed by atoms with Gasteiger partial charge in [0.1, 0.15) is 13.3 Å². The zero-order valence-electron chi connectivity index (χ0n) is 17.4. The van der Waals surface area contributed by atoms with Crippen LogP contribution in [0.25, 0.3) is 0 Å². The second-order valence-electron chi connectivity index (χ2n) is 8.13. The first-order chi connectivity index (χ1) is 14.5. The fourth-order valence-electron chi connectivity index (χ4n) is 4.17. The minimum Gasteiger partial charge on any atom is -0.445 e. The second kappa shape index (κ2) is 9.74. The summed E-state index contributed by atoms with van der Waals surface area (Å²) in [4.78, 5) is 24.9. The van der Waals surface area contributed by atoms with Crippen LogP contribution < -0.4 is 10.6 Å². The Balaban J connectivity index is 1.69. The maximum atomic E-state index is 12.6. The van der Waals surface area contributed by atoms with Crippen molar-refractivity contribution in [2.24, 2.45) is 17.3 Å². The van der Waals surface area contributed by atoms with Crippen LogP contribution in [0, 0.1) is 17.3 Å². The molecule has 0 unspecified atom stereocenters. The fraction of sp³-hybridized carbons (Fsp3) is 0.417. The van der Waals surface area contributed by atoms with Gasteiger partial charge < -0.3 is 15.4 Å². The fourth-order valence-corrected chi connectivity index (χ4v) is 4.17. The van der Waals surface area contributed by atoms with Crippen molar-refractivity contribution in [1.29, 1.82) is 0 Å². The van der Waals surface area contributed by atoms with Gasteiger partial charge in [-0.1, -0.05) is 74.5 Å². The van der Waals surface area contributed by atoms with Gasteiger partial charge in [0, 0.05) is 12.5 Å². The summed E-state index contributed by atoms with van der Waals surface area (Å²) >= 11 is 0. The largest absolute Gasteiger partial charge is 0.445 e. The average molecular weight is 413 g/mol. The van der Waals surface area contributed by atoms with Gasteiger partial charge in [-0.25, -0.2) is 9.18 Å². The first-order valence-corrected chi connectivity index (χ1v) is 10.3. The van der Waals surface area contributed by atoms with E-state index in [0.717, 1.165) is 17.5 Å². The normalized spacial score (nSPS) is 21.9. The summed E-state index contributed by atoms with van der Waals surface area (Å²) in [7, 11) is 0. The van der Waals surface area contributed by atoms with Crippen LogP contribution in [-0.4, -0.2) is 25.2 Å². The van der Waals surface area contributed by atoms with E-state index in [9.17, 15) is 14.0 Å². The first-order valence-electron chi connectivity index (χ1n) is 10.3. The summed E-state index contributed by atoms with van der Waals surface area (Å²) in [6, 6.07) is 18.9. The maximum absolute atomic E-state index is 12.6. The number of benzene rings is 2. The molecule has 0 radical (unpaired) electrons. The van der Waals surface area contributed by atoms with E-state index in [1.807, 2.05) is 67.6 Å². The van der Waals surface area contributed by atoms with E-state index in [2.05, 4.69) is 17.6 Å². The molecule has 4 atom stereocenters. The van der Waals surface area contributed by atoms with Crippen LogP contribution in [0.5, 0.6) is 0 Å². The molecule has 2 amide bonds. The van der Waals surface area contributed by atoms with Gasteiger partial charge in [0.15, 0.2) is 0 Å². The van der Waals surface area contributed by atoms with E-state index >= 15 is 0 Å². The minimum atomic E-state index is -0.582. The molecule has 6 heteroatoms. The summed E-state index contributed by atoms with van der Waals surface area (Å²) in [5, 5.41) is 5.64. The standard InChI is InChI=1S/C24H29FN2O3/c1-17(22(28)26-14-13-25)20-15-24(20,2)21(19-11-7-4-8-12-19)27-23(29)30-16-18-9-5-3-6-10-18/h3-12,17,20-21H,13-16H2,1-2H3,(H,26,28)(H,27,29)/t17-,20-,21-,24+/m1/s1. The van der Waals surface area contributed by atoms with Crippen LogP contribution >= 0.6 is 0 Å². The van der Waals surface area contributed by atoms with E-state index in [1.165, 1.54) is 0 Å². The summed E-state index contributed by atoms with van der Waals surface area (Å²) < 4.78 is 17.8. The highest BCUT2D eigenvalue weighted by molar-refractivity contribution is 5.79. The predicted molar refractivity (Wildman–Crippen MR) is 113 cm³/mol. The van der Waals surface area contributed by atoms with Gasteiger partial charge in [-0.3, -0.25) is 4.79 Å². The number of nitrogens with one attached hydrogen (secondary N) is 2. The molecule has 3 rings (SSSR count). The van der Waals surface area contributed by atoms with Crippen molar-refractivity contribution in [1.82, 2.24) is 10.6 Å². The zero-order valence-corrected chi connectivity index (χ0v) is 17.4.